The van der Waals surface area contributed by atoms with Crippen LogP contribution in [0.3, 0.4) is 0 Å². The zero-order valence-electron chi connectivity index (χ0n) is 10.5. The van der Waals surface area contributed by atoms with Gasteiger partial charge in [-0.3, -0.25) is 14.8 Å². The molecule has 2 rings (SSSR count). The molecule has 0 spiro atoms. The molecule has 1 aromatic heterocycles. The average molecular weight is 367 g/mol. The van der Waals surface area contributed by atoms with Crippen molar-refractivity contribution in [3.05, 3.63) is 49.3 Å². The number of hydrogen-bond acceptors (Lipinski definition) is 5. The fraction of sp³-hybridized carbons (Fsp3) is 0.0909. The first-order valence-corrected chi connectivity index (χ1v) is 8.49. The van der Waals surface area contributed by atoms with Crippen LogP contribution in [-0.2, 0) is 10.0 Å². The molecule has 0 saturated heterocycles. The van der Waals surface area contributed by atoms with Crippen molar-refractivity contribution in [2.45, 2.75) is 11.1 Å². The van der Waals surface area contributed by atoms with Gasteiger partial charge in [-0.25, -0.2) is 8.42 Å². The molecule has 10 heteroatoms. The lowest BCUT2D eigenvalue weighted by molar-refractivity contribution is -0.384. The molecule has 1 N–H and O–H groups in total. The summed E-state index contributed by atoms with van der Waals surface area (Å²) in [6.45, 7) is 1.69. The molecule has 0 saturated carbocycles. The summed E-state index contributed by atoms with van der Waals surface area (Å²) in [4.78, 5) is 9.98. The average Bonchev–Trinajstić information content (AvgIpc) is 2.76. The molecule has 112 valence electrons. The van der Waals surface area contributed by atoms with Crippen LogP contribution < -0.4 is 4.72 Å². The second-order valence-corrected chi connectivity index (χ2v) is 8.05. The maximum atomic E-state index is 12.2. The first kappa shape index (κ1) is 16.0. The van der Waals surface area contributed by atoms with E-state index >= 15 is 0 Å². The molecule has 0 fully saturated rings. The van der Waals surface area contributed by atoms with Crippen LogP contribution >= 0.6 is 34.5 Å². The molecule has 2 aromatic rings. The number of nitrogens with one attached hydrogen (secondary N) is 1. The number of thiophene rings is 1. The van der Waals surface area contributed by atoms with E-state index in [0.29, 0.717) is 27.6 Å². The highest BCUT2D eigenvalue weighted by molar-refractivity contribution is 7.94. The van der Waals surface area contributed by atoms with Crippen LogP contribution in [0.4, 0.5) is 11.4 Å². The summed E-state index contributed by atoms with van der Waals surface area (Å²) in [7, 11) is -3.95. The van der Waals surface area contributed by atoms with Crippen LogP contribution in [0.15, 0.2) is 28.5 Å². The predicted octanol–water partition coefficient (Wildman–Crippen LogP) is 4.07. The number of aryl methyl sites for hydroxylation is 1. The number of anilines is 1. The SMILES string of the molecule is Cc1cc(Cl)ccc1NS(=O)(=O)c1cc([N+](=O)[O-])c(Cl)s1. The number of rotatable bonds is 4. The summed E-state index contributed by atoms with van der Waals surface area (Å²) in [5.41, 5.74) is 0.532. The van der Waals surface area contributed by atoms with Crippen molar-refractivity contribution >= 4 is 55.9 Å². The lowest BCUT2D eigenvalue weighted by atomic mass is 10.2. The number of nitrogens with zero attached hydrogens (tertiary/aromatic N) is 1. The third kappa shape index (κ3) is 3.46. The van der Waals surface area contributed by atoms with Crippen molar-refractivity contribution in [2.24, 2.45) is 0 Å². The summed E-state index contributed by atoms with van der Waals surface area (Å²) in [5.74, 6) is 0. The van der Waals surface area contributed by atoms with Gasteiger partial charge in [0.15, 0.2) is 4.34 Å². The maximum Gasteiger partial charge on any atom is 0.300 e. The normalized spacial score (nSPS) is 11.4. The molecular formula is C11H8Cl2N2O4S2. The monoisotopic (exact) mass is 366 g/mol. The minimum Gasteiger partial charge on any atom is -0.279 e. The van der Waals surface area contributed by atoms with Crippen LogP contribution in [0.1, 0.15) is 5.56 Å². The molecule has 0 amide bonds. The highest BCUT2D eigenvalue weighted by atomic mass is 35.5. The van der Waals surface area contributed by atoms with Gasteiger partial charge in [0.2, 0.25) is 0 Å². The Bertz CT molecular complexity index is 818. The topological polar surface area (TPSA) is 89.3 Å². The summed E-state index contributed by atoms with van der Waals surface area (Å²) in [6.07, 6.45) is 0. The molecule has 0 atom stereocenters. The first-order valence-electron chi connectivity index (χ1n) is 5.43. The second kappa shape index (κ2) is 5.80. The van der Waals surface area contributed by atoms with Crippen LogP contribution in [0.2, 0.25) is 9.36 Å². The van der Waals surface area contributed by atoms with E-state index in [-0.39, 0.29) is 8.55 Å². The van der Waals surface area contributed by atoms with Crippen molar-refractivity contribution < 1.29 is 13.3 Å². The van der Waals surface area contributed by atoms with Gasteiger partial charge in [0, 0.05) is 11.1 Å². The van der Waals surface area contributed by atoms with Crippen molar-refractivity contribution in [3.63, 3.8) is 0 Å². The van der Waals surface area contributed by atoms with E-state index in [2.05, 4.69) is 4.72 Å². The molecule has 0 aliphatic heterocycles. The van der Waals surface area contributed by atoms with E-state index in [9.17, 15) is 18.5 Å². The van der Waals surface area contributed by atoms with Crippen molar-refractivity contribution in [1.82, 2.24) is 0 Å². The summed E-state index contributed by atoms with van der Waals surface area (Å²) >= 11 is 12.1. The Labute approximate surface area is 134 Å². The molecule has 0 aliphatic rings. The number of halogens is 2. The van der Waals surface area contributed by atoms with Gasteiger partial charge in [-0.1, -0.05) is 23.2 Å². The minimum atomic E-state index is -3.95. The molecular weight excluding hydrogens is 359 g/mol. The molecule has 0 unspecified atom stereocenters. The Morgan fingerprint density at radius 2 is 1.95 bits per heavy atom. The summed E-state index contributed by atoms with van der Waals surface area (Å²) in [6, 6.07) is 5.58. The highest BCUT2D eigenvalue weighted by Gasteiger charge is 2.25. The molecule has 21 heavy (non-hydrogen) atoms. The second-order valence-electron chi connectivity index (χ2n) is 4.05. The molecule has 6 nitrogen and oxygen atoms in total. The Balaban J connectivity index is 2.38. The molecule has 1 aromatic carbocycles. The molecule has 1 heterocycles. The Morgan fingerprint density at radius 1 is 1.29 bits per heavy atom. The fourth-order valence-electron chi connectivity index (χ4n) is 1.53. The smallest absolute Gasteiger partial charge is 0.279 e. The van der Waals surface area contributed by atoms with E-state index in [1.807, 2.05) is 0 Å². The first-order chi connectivity index (χ1) is 9.70. The van der Waals surface area contributed by atoms with Gasteiger partial charge < -0.3 is 0 Å². The zero-order chi connectivity index (χ0) is 15.8. The van der Waals surface area contributed by atoms with Gasteiger partial charge in [0.05, 0.1) is 10.6 Å². The molecule has 0 bridgehead atoms. The Hall–Kier alpha value is -1.35. The van der Waals surface area contributed by atoms with Crippen molar-refractivity contribution in [1.29, 1.82) is 0 Å². The number of nitro groups is 1. The lowest BCUT2D eigenvalue weighted by Crippen LogP contribution is -2.12. The van der Waals surface area contributed by atoms with Crippen LogP contribution in [0.25, 0.3) is 0 Å². The summed E-state index contributed by atoms with van der Waals surface area (Å²) < 4.78 is 26.4. The largest absolute Gasteiger partial charge is 0.300 e. The van der Waals surface area contributed by atoms with E-state index in [1.54, 1.807) is 13.0 Å². The minimum absolute atomic E-state index is 0.187. The van der Waals surface area contributed by atoms with Crippen molar-refractivity contribution in [2.75, 3.05) is 4.72 Å². The van der Waals surface area contributed by atoms with Crippen molar-refractivity contribution in [3.8, 4) is 0 Å². The summed E-state index contributed by atoms with van der Waals surface area (Å²) in [5, 5.41) is 11.2. The fourth-order valence-corrected chi connectivity index (χ4v) is 4.55. The van der Waals surface area contributed by atoms with E-state index < -0.39 is 20.6 Å². The van der Waals surface area contributed by atoms with Gasteiger partial charge >= 0.3 is 0 Å². The van der Waals surface area contributed by atoms with E-state index in [4.69, 9.17) is 23.2 Å². The Morgan fingerprint density at radius 3 is 2.48 bits per heavy atom. The highest BCUT2D eigenvalue weighted by Crippen LogP contribution is 2.37. The standard InChI is InChI=1S/C11H8Cl2N2O4S2/c1-6-4-7(12)2-3-8(6)14-21(18,19)10-5-9(15(16)17)11(13)20-10/h2-5,14H,1H3. The predicted molar refractivity (Wildman–Crippen MR) is 83.0 cm³/mol. The zero-order valence-corrected chi connectivity index (χ0v) is 13.6. The molecule has 0 radical (unpaired) electrons. The third-order valence-electron chi connectivity index (χ3n) is 2.54. The van der Waals surface area contributed by atoms with E-state index in [0.717, 1.165) is 6.07 Å². The Kier molecular flexibility index (Phi) is 4.43. The van der Waals surface area contributed by atoms with Crippen LogP contribution in [0, 0.1) is 17.0 Å². The van der Waals surface area contributed by atoms with Gasteiger partial charge in [0.25, 0.3) is 15.7 Å². The van der Waals surface area contributed by atoms with Crippen LogP contribution in [-0.4, -0.2) is 13.3 Å². The number of sulfonamides is 1. The maximum absolute atomic E-state index is 12.2. The number of hydrogen-bond donors (Lipinski definition) is 1. The molecule has 0 aliphatic carbocycles. The lowest BCUT2D eigenvalue weighted by Gasteiger charge is -2.09. The number of benzene rings is 1. The van der Waals surface area contributed by atoms with Gasteiger partial charge in [0.1, 0.15) is 4.21 Å². The van der Waals surface area contributed by atoms with Gasteiger partial charge in [-0.15, -0.1) is 11.3 Å². The van der Waals surface area contributed by atoms with Gasteiger partial charge in [-0.2, -0.15) is 0 Å². The van der Waals surface area contributed by atoms with Crippen LogP contribution in [0.5, 0.6) is 0 Å². The van der Waals surface area contributed by atoms with Gasteiger partial charge in [-0.05, 0) is 30.7 Å². The van der Waals surface area contributed by atoms with E-state index in [1.165, 1.54) is 12.1 Å². The quantitative estimate of drug-likeness (QED) is 0.652. The third-order valence-corrected chi connectivity index (χ3v) is 5.95.